The van der Waals surface area contributed by atoms with E-state index in [1.165, 1.54) is 31.4 Å². The van der Waals surface area contributed by atoms with Crippen molar-refractivity contribution in [2.75, 3.05) is 32.3 Å². The summed E-state index contributed by atoms with van der Waals surface area (Å²) in [6, 6.07) is 6.70. The highest BCUT2D eigenvalue weighted by Gasteiger charge is 2.40. The van der Waals surface area contributed by atoms with E-state index in [9.17, 15) is 26.8 Å². The predicted octanol–water partition coefficient (Wildman–Crippen LogP) is 3.16. The number of carbonyl (C=O) groups excluding carboxylic acids is 2. The van der Waals surface area contributed by atoms with E-state index < -0.39 is 38.6 Å². The lowest BCUT2D eigenvalue weighted by Gasteiger charge is -2.34. The minimum absolute atomic E-state index is 0.00333. The van der Waals surface area contributed by atoms with Crippen molar-refractivity contribution in [3.8, 4) is 0 Å². The molecule has 0 heterocycles. The zero-order valence-electron chi connectivity index (χ0n) is 18.1. The SMILES string of the molecule is COC(=O)CNCOC[C@H]1C[C@H](S(=O)(=O)c2cc(C(=O)Nc3ccc(F)c(F)c3)ccc2Cl)C1. The van der Waals surface area contributed by atoms with Crippen molar-refractivity contribution < 1.29 is 36.3 Å². The lowest BCUT2D eigenvalue weighted by Crippen LogP contribution is -2.39. The number of hydrogen-bond donors (Lipinski definition) is 2. The number of carbonyl (C=O) groups is 2. The first-order valence-electron chi connectivity index (χ1n) is 10.3. The quantitative estimate of drug-likeness (QED) is 0.283. The molecule has 8 nitrogen and oxygen atoms in total. The Balaban J connectivity index is 1.58. The largest absolute Gasteiger partial charge is 0.468 e. The first-order valence-corrected chi connectivity index (χ1v) is 12.2. The molecule has 0 atom stereocenters. The molecule has 3 rings (SSSR count). The van der Waals surface area contributed by atoms with Crippen LogP contribution >= 0.6 is 11.6 Å². The molecule has 1 aliphatic carbocycles. The fourth-order valence-electron chi connectivity index (χ4n) is 3.41. The molecular weight excluding hydrogens is 494 g/mol. The number of hydrogen-bond acceptors (Lipinski definition) is 7. The summed E-state index contributed by atoms with van der Waals surface area (Å²) in [5.41, 5.74) is 0.0229. The summed E-state index contributed by atoms with van der Waals surface area (Å²) in [7, 11) is -2.53. The van der Waals surface area contributed by atoms with Crippen LogP contribution in [0.4, 0.5) is 14.5 Å². The van der Waals surface area contributed by atoms with E-state index in [1.54, 1.807) is 0 Å². The monoisotopic (exact) mass is 516 g/mol. The number of benzene rings is 2. The molecule has 2 N–H and O–H groups in total. The first-order chi connectivity index (χ1) is 16.1. The van der Waals surface area contributed by atoms with Gasteiger partial charge in [0.05, 0.1) is 42.2 Å². The van der Waals surface area contributed by atoms with Crippen molar-refractivity contribution in [2.24, 2.45) is 5.92 Å². The van der Waals surface area contributed by atoms with Crippen LogP contribution in [0.15, 0.2) is 41.3 Å². The number of esters is 1. The lowest BCUT2D eigenvalue weighted by atomic mass is 9.85. The molecular formula is C22H23ClF2N2O6S. The normalized spacial score (nSPS) is 17.6. The molecule has 2 aromatic rings. The van der Waals surface area contributed by atoms with Gasteiger partial charge in [0.1, 0.15) is 0 Å². The minimum Gasteiger partial charge on any atom is -0.468 e. The Hall–Kier alpha value is -2.60. The maximum Gasteiger partial charge on any atom is 0.319 e. The summed E-state index contributed by atoms with van der Waals surface area (Å²) in [6.07, 6.45) is 0.724. The molecule has 0 saturated heterocycles. The molecule has 184 valence electrons. The first kappa shape index (κ1) is 26.0. The fourth-order valence-corrected chi connectivity index (χ4v) is 5.89. The highest BCUT2D eigenvalue weighted by atomic mass is 35.5. The van der Waals surface area contributed by atoms with E-state index in [2.05, 4.69) is 15.4 Å². The van der Waals surface area contributed by atoms with Gasteiger partial charge in [-0.1, -0.05) is 11.6 Å². The fraction of sp³-hybridized carbons (Fsp3) is 0.364. The maximum absolute atomic E-state index is 13.4. The second kappa shape index (κ2) is 11.2. The number of rotatable bonds is 10. The number of sulfone groups is 1. The summed E-state index contributed by atoms with van der Waals surface area (Å²) in [5, 5.41) is 4.45. The van der Waals surface area contributed by atoms with Crippen LogP contribution in [-0.2, 0) is 24.1 Å². The van der Waals surface area contributed by atoms with Crippen LogP contribution in [0.5, 0.6) is 0 Å². The van der Waals surface area contributed by atoms with E-state index in [1.807, 2.05) is 0 Å². The molecule has 0 spiro atoms. The van der Waals surface area contributed by atoms with E-state index >= 15 is 0 Å². The van der Waals surface area contributed by atoms with Crippen LogP contribution in [0.2, 0.25) is 5.02 Å². The van der Waals surface area contributed by atoms with Crippen LogP contribution in [0, 0.1) is 17.6 Å². The average molecular weight is 517 g/mol. The highest BCUT2D eigenvalue weighted by molar-refractivity contribution is 7.92. The Labute approximate surface area is 200 Å². The van der Waals surface area contributed by atoms with E-state index in [0.717, 1.165) is 12.1 Å². The summed E-state index contributed by atoms with van der Waals surface area (Å²) in [5.74, 6) is -3.27. The van der Waals surface area contributed by atoms with Crippen LogP contribution in [0.25, 0.3) is 0 Å². The van der Waals surface area contributed by atoms with Gasteiger partial charge in [-0.2, -0.15) is 0 Å². The maximum atomic E-state index is 13.4. The third kappa shape index (κ3) is 6.29. The number of ether oxygens (including phenoxy) is 2. The van der Waals surface area contributed by atoms with Gasteiger partial charge in [0.15, 0.2) is 21.5 Å². The molecule has 1 amide bonds. The van der Waals surface area contributed by atoms with Crippen LogP contribution in [0.3, 0.4) is 0 Å². The second-order valence-corrected chi connectivity index (χ2v) is 10.4. The zero-order valence-corrected chi connectivity index (χ0v) is 19.7. The van der Waals surface area contributed by atoms with Crippen molar-refractivity contribution in [3.05, 3.63) is 58.6 Å². The standard InChI is InChI=1S/C22H23ClF2N2O6S/c1-32-21(28)10-26-12-33-11-13-6-16(7-13)34(30,31)20-8-14(2-4-17(20)23)22(29)27-15-3-5-18(24)19(25)9-15/h2-5,8-9,13,16,26H,6-7,10-12H2,1H3,(H,27,29)/t13-,16-. The number of amides is 1. The number of methoxy groups -OCH3 is 1. The molecule has 1 aliphatic rings. The average Bonchev–Trinajstić information content (AvgIpc) is 2.76. The molecule has 1 saturated carbocycles. The Bertz CT molecular complexity index is 1170. The Morgan fingerprint density at radius 3 is 2.53 bits per heavy atom. The summed E-state index contributed by atoms with van der Waals surface area (Å²) in [4.78, 5) is 23.4. The zero-order chi connectivity index (χ0) is 24.9. The smallest absolute Gasteiger partial charge is 0.319 e. The van der Waals surface area contributed by atoms with Crippen molar-refractivity contribution in [1.29, 1.82) is 0 Å². The van der Waals surface area contributed by atoms with Crippen molar-refractivity contribution >= 4 is 39.0 Å². The lowest BCUT2D eigenvalue weighted by molar-refractivity contribution is -0.139. The van der Waals surface area contributed by atoms with Gasteiger partial charge in [0.2, 0.25) is 0 Å². The number of anilines is 1. The predicted molar refractivity (Wildman–Crippen MR) is 120 cm³/mol. The van der Waals surface area contributed by atoms with Crippen LogP contribution in [-0.4, -0.2) is 52.5 Å². The van der Waals surface area contributed by atoms with Crippen LogP contribution < -0.4 is 10.6 Å². The molecule has 0 aromatic heterocycles. The number of nitrogens with one attached hydrogen (secondary N) is 2. The van der Waals surface area contributed by atoms with Crippen molar-refractivity contribution in [2.45, 2.75) is 23.0 Å². The highest BCUT2D eigenvalue weighted by Crippen LogP contribution is 2.38. The molecule has 1 fully saturated rings. The van der Waals surface area contributed by atoms with Gasteiger partial charge < -0.3 is 14.8 Å². The Kier molecular flexibility index (Phi) is 8.58. The molecule has 2 aromatic carbocycles. The third-order valence-corrected chi connectivity index (χ3v) is 8.02. The van der Waals surface area contributed by atoms with E-state index in [-0.39, 0.29) is 40.4 Å². The van der Waals surface area contributed by atoms with Gasteiger partial charge in [-0.3, -0.25) is 14.9 Å². The minimum atomic E-state index is -3.81. The van der Waals surface area contributed by atoms with Crippen molar-refractivity contribution in [1.82, 2.24) is 5.32 Å². The molecule has 0 aliphatic heterocycles. The van der Waals surface area contributed by atoms with Gasteiger partial charge in [-0.05, 0) is 49.1 Å². The summed E-state index contributed by atoms with van der Waals surface area (Å²) >= 11 is 6.13. The molecule has 0 unspecified atom stereocenters. The Morgan fingerprint density at radius 1 is 1.12 bits per heavy atom. The summed E-state index contributed by atoms with van der Waals surface area (Å²) in [6.45, 7) is 0.464. The summed E-state index contributed by atoms with van der Waals surface area (Å²) < 4.78 is 62.5. The number of halogens is 3. The second-order valence-electron chi connectivity index (χ2n) is 7.75. The topological polar surface area (TPSA) is 111 Å². The molecule has 0 bridgehead atoms. The molecule has 34 heavy (non-hydrogen) atoms. The van der Waals surface area contributed by atoms with Crippen LogP contribution in [0.1, 0.15) is 23.2 Å². The van der Waals surface area contributed by atoms with E-state index in [0.29, 0.717) is 19.4 Å². The molecule has 0 radical (unpaired) electrons. The van der Waals surface area contributed by atoms with Gasteiger partial charge in [0.25, 0.3) is 5.91 Å². The van der Waals surface area contributed by atoms with Gasteiger partial charge >= 0.3 is 5.97 Å². The van der Waals surface area contributed by atoms with Gasteiger partial charge in [0, 0.05) is 17.3 Å². The third-order valence-electron chi connectivity index (χ3n) is 5.36. The molecule has 12 heteroatoms. The van der Waals surface area contributed by atoms with Gasteiger partial charge in [-0.25, -0.2) is 17.2 Å². The Morgan fingerprint density at radius 2 is 1.85 bits per heavy atom. The van der Waals surface area contributed by atoms with E-state index in [4.69, 9.17) is 16.3 Å². The van der Waals surface area contributed by atoms with Crippen molar-refractivity contribution in [3.63, 3.8) is 0 Å². The van der Waals surface area contributed by atoms with Gasteiger partial charge in [-0.15, -0.1) is 0 Å².